The summed E-state index contributed by atoms with van der Waals surface area (Å²) in [6.07, 6.45) is 9.57. The number of rotatable bonds is 6. The van der Waals surface area contributed by atoms with E-state index in [1.54, 1.807) is 12.1 Å². The first-order valence-electron chi connectivity index (χ1n) is 17.8. The molecule has 48 heavy (non-hydrogen) atoms. The molecule has 4 aliphatic carbocycles. The Morgan fingerprint density at radius 2 is 1.81 bits per heavy atom. The number of amides is 1. The molecule has 8 nitrogen and oxygen atoms in total. The van der Waals surface area contributed by atoms with Crippen LogP contribution in [0.25, 0.3) is 6.08 Å². The van der Waals surface area contributed by atoms with Gasteiger partial charge in [0.05, 0.1) is 23.9 Å². The van der Waals surface area contributed by atoms with E-state index in [2.05, 4.69) is 50.4 Å². The Morgan fingerprint density at radius 1 is 1.02 bits per heavy atom. The highest BCUT2D eigenvalue weighted by molar-refractivity contribution is 5.94. The molecular weight excluding hydrogens is 606 g/mol. The number of nitrogens with one attached hydrogen (secondary N) is 1. The maximum Gasteiger partial charge on any atom is 0.338 e. The van der Waals surface area contributed by atoms with Crippen LogP contribution in [-0.4, -0.2) is 65.9 Å². The van der Waals surface area contributed by atoms with E-state index in [0.29, 0.717) is 47.3 Å². The minimum Gasteiger partial charge on any atom is -0.456 e. The van der Waals surface area contributed by atoms with Gasteiger partial charge in [-0.2, -0.15) is 0 Å². The number of aliphatic hydroxyl groups is 1. The van der Waals surface area contributed by atoms with E-state index in [0.717, 1.165) is 24.8 Å². The average molecular weight is 654 g/mol. The van der Waals surface area contributed by atoms with Gasteiger partial charge < -0.3 is 29.4 Å². The summed E-state index contributed by atoms with van der Waals surface area (Å²) >= 11 is 0. The second kappa shape index (κ2) is 11.9. The second-order valence-corrected chi connectivity index (χ2v) is 15.8. The number of carbonyl (C=O) groups excluding carboxylic acids is 2. The third-order valence-electron chi connectivity index (χ3n) is 12.0. The molecule has 8 heteroatoms. The van der Waals surface area contributed by atoms with Crippen molar-refractivity contribution >= 4 is 18.0 Å². The van der Waals surface area contributed by atoms with Gasteiger partial charge >= 0.3 is 5.97 Å². The molecule has 254 valence electrons. The molecule has 2 heterocycles. The number of allylic oxidation sites excluding steroid dienone is 1. The van der Waals surface area contributed by atoms with Crippen molar-refractivity contribution in [2.75, 3.05) is 13.2 Å². The lowest BCUT2D eigenvalue weighted by atomic mass is 9.52. The van der Waals surface area contributed by atoms with E-state index in [9.17, 15) is 14.7 Å². The summed E-state index contributed by atoms with van der Waals surface area (Å²) in [5.74, 6) is -0.421. The normalized spacial score (nSPS) is 34.7. The second-order valence-electron chi connectivity index (χ2n) is 15.8. The molecule has 0 aromatic heterocycles. The number of carbonyl (C=O) groups is 2. The fourth-order valence-corrected chi connectivity index (χ4v) is 9.33. The molecule has 1 unspecified atom stereocenters. The third-order valence-corrected chi connectivity index (χ3v) is 12.0. The van der Waals surface area contributed by atoms with Crippen LogP contribution in [0.5, 0.6) is 0 Å². The predicted molar refractivity (Wildman–Crippen MR) is 180 cm³/mol. The molecular formula is C40H47NO7. The molecule has 0 radical (unpaired) electrons. The number of aliphatic hydroxyl groups excluding tert-OH is 1. The van der Waals surface area contributed by atoms with Gasteiger partial charge in [0.2, 0.25) is 5.91 Å². The Kier molecular flexibility index (Phi) is 7.94. The van der Waals surface area contributed by atoms with Crippen molar-refractivity contribution in [2.24, 2.45) is 17.3 Å². The van der Waals surface area contributed by atoms with Gasteiger partial charge in [-0.3, -0.25) is 4.79 Å². The van der Waals surface area contributed by atoms with Crippen LogP contribution in [0.2, 0.25) is 0 Å². The fourth-order valence-electron chi connectivity index (χ4n) is 9.33. The molecule has 2 aromatic rings. The number of ether oxygens (including phenoxy) is 4. The van der Waals surface area contributed by atoms with Crippen molar-refractivity contribution < 1.29 is 33.6 Å². The Morgan fingerprint density at radius 3 is 2.56 bits per heavy atom. The summed E-state index contributed by atoms with van der Waals surface area (Å²) < 4.78 is 25.5. The van der Waals surface area contributed by atoms with Crippen LogP contribution in [0, 0.1) is 17.3 Å². The molecule has 2 saturated carbocycles. The zero-order valence-electron chi connectivity index (χ0n) is 28.2. The van der Waals surface area contributed by atoms with Crippen molar-refractivity contribution in [3.63, 3.8) is 0 Å². The first-order chi connectivity index (χ1) is 23.0. The lowest BCUT2D eigenvalue weighted by Gasteiger charge is -2.53. The minimum absolute atomic E-state index is 0.0392. The van der Waals surface area contributed by atoms with Gasteiger partial charge in [-0.25, -0.2) is 4.79 Å². The molecule has 1 spiro atoms. The summed E-state index contributed by atoms with van der Waals surface area (Å²) in [4.78, 5) is 26.9. The third kappa shape index (κ3) is 5.85. The quantitative estimate of drug-likeness (QED) is 0.304. The zero-order valence-corrected chi connectivity index (χ0v) is 28.2. The summed E-state index contributed by atoms with van der Waals surface area (Å²) in [6.45, 7) is 7.04. The molecule has 8 rings (SSSR count). The van der Waals surface area contributed by atoms with Crippen LogP contribution >= 0.6 is 0 Å². The topological polar surface area (TPSA) is 107 Å². The first kappa shape index (κ1) is 31.9. The largest absolute Gasteiger partial charge is 0.456 e. The van der Waals surface area contributed by atoms with Gasteiger partial charge in [-0.1, -0.05) is 61.9 Å². The molecule has 2 saturated heterocycles. The van der Waals surface area contributed by atoms with Gasteiger partial charge in [0.1, 0.15) is 18.3 Å². The first-order valence-corrected chi connectivity index (χ1v) is 17.8. The average Bonchev–Trinajstić information content (AvgIpc) is 3.36. The van der Waals surface area contributed by atoms with Gasteiger partial charge in [0.25, 0.3) is 0 Å². The molecule has 2 N–H and O–H groups in total. The maximum atomic E-state index is 13.8. The summed E-state index contributed by atoms with van der Waals surface area (Å²) in [5, 5.41) is 12.0. The van der Waals surface area contributed by atoms with Crippen LogP contribution in [-0.2, 0) is 36.6 Å². The monoisotopic (exact) mass is 653 g/mol. The summed E-state index contributed by atoms with van der Waals surface area (Å²) in [6, 6.07) is 15.9. The van der Waals surface area contributed by atoms with Gasteiger partial charge in [0, 0.05) is 31.4 Å². The molecule has 6 aliphatic rings. The van der Waals surface area contributed by atoms with E-state index < -0.39 is 30.1 Å². The number of benzene rings is 2. The SMILES string of the molecule is CC1(C)C[C@@H]2C(=Cc3cccc(C(=O)O[C@@H]4CC(C(=O)NCCO)=C[C@H]5OC6(Cc7ccccc7C6)O[C@H]54)c3)CCC3O[C@]3(C)CC[C@H]21. The van der Waals surface area contributed by atoms with Crippen molar-refractivity contribution in [2.45, 2.75) is 108 Å². The number of hydrogen-bond acceptors (Lipinski definition) is 7. The number of epoxide rings is 1. The smallest absolute Gasteiger partial charge is 0.338 e. The van der Waals surface area contributed by atoms with Crippen molar-refractivity contribution in [1.29, 1.82) is 0 Å². The Bertz CT molecular complexity index is 1650. The van der Waals surface area contributed by atoms with Gasteiger partial charge in [-0.15, -0.1) is 0 Å². The molecule has 2 aromatic carbocycles. The highest BCUT2D eigenvalue weighted by atomic mass is 16.8. The number of hydrogen-bond donors (Lipinski definition) is 2. The Labute approximate surface area is 282 Å². The molecule has 0 bridgehead atoms. The zero-order chi connectivity index (χ0) is 33.3. The van der Waals surface area contributed by atoms with Crippen LogP contribution in [0.4, 0.5) is 0 Å². The van der Waals surface area contributed by atoms with Crippen LogP contribution in [0.15, 0.2) is 65.8 Å². The van der Waals surface area contributed by atoms with Crippen molar-refractivity contribution in [3.05, 3.63) is 88.0 Å². The van der Waals surface area contributed by atoms with Crippen molar-refractivity contribution in [1.82, 2.24) is 5.32 Å². The Balaban J connectivity index is 1.02. The number of esters is 1. The minimum atomic E-state index is -0.864. The maximum absolute atomic E-state index is 13.8. The Hall–Kier alpha value is -3.30. The van der Waals surface area contributed by atoms with E-state index in [1.807, 2.05) is 24.3 Å². The summed E-state index contributed by atoms with van der Waals surface area (Å²) in [7, 11) is 0. The summed E-state index contributed by atoms with van der Waals surface area (Å²) in [5.41, 5.74) is 6.11. The standard InChI is InChI=1S/C40H47NO7/c1-38(2)23-30-25(11-12-34-39(3,47-34)14-13-31(30)38)17-24-7-6-10-26(18-24)37(44)45-32-19-29(36(43)41-15-16-42)20-33-35(32)48-40(46-33)21-27-8-4-5-9-28(27)22-40/h4-10,17-18,20,30-35,42H,11-16,19,21-23H2,1-3H3,(H,41,43)/t30-,31-,32-,33-,34?,35+,39-/m1/s1. The fraction of sp³-hybridized carbons (Fsp3) is 0.550. The van der Waals surface area contributed by atoms with E-state index in [-0.39, 0.29) is 31.1 Å². The van der Waals surface area contributed by atoms with Gasteiger partial charge in [0.15, 0.2) is 5.79 Å². The number of fused-ring (bicyclic) bond motifs is 4. The van der Waals surface area contributed by atoms with E-state index in [4.69, 9.17) is 18.9 Å². The highest BCUT2D eigenvalue weighted by Crippen LogP contribution is 2.59. The van der Waals surface area contributed by atoms with Crippen molar-refractivity contribution in [3.8, 4) is 0 Å². The van der Waals surface area contributed by atoms with Crippen LogP contribution in [0.3, 0.4) is 0 Å². The molecule has 2 aliphatic heterocycles. The van der Waals surface area contributed by atoms with E-state index in [1.165, 1.54) is 29.5 Å². The molecule has 4 fully saturated rings. The molecule has 7 atom stereocenters. The lowest BCUT2D eigenvalue weighted by molar-refractivity contribution is -0.172. The highest BCUT2D eigenvalue weighted by Gasteiger charge is 2.57. The van der Waals surface area contributed by atoms with Crippen LogP contribution in [0.1, 0.15) is 86.3 Å². The van der Waals surface area contributed by atoms with Crippen LogP contribution < -0.4 is 5.32 Å². The van der Waals surface area contributed by atoms with Gasteiger partial charge in [-0.05, 0) is 91.2 Å². The predicted octanol–water partition coefficient (Wildman–Crippen LogP) is 5.71. The lowest BCUT2D eigenvalue weighted by Crippen LogP contribution is -2.45. The van der Waals surface area contributed by atoms with E-state index >= 15 is 0 Å². The molecule has 1 amide bonds.